The molecule has 1 aliphatic rings. The third-order valence-corrected chi connectivity index (χ3v) is 1.82. The second-order valence-corrected chi connectivity index (χ2v) is 2.34. The van der Waals surface area contributed by atoms with Crippen LogP contribution in [0.3, 0.4) is 0 Å². The molecule has 0 aromatic carbocycles. The van der Waals surface area contributed by atoms with Crippen molar-refractivity contribution in [2.75, 3.05) is 0 Å². The Balaban J connectivity index is 2.60. The van der Waals surface area contributed by atoms with Crippen LogP contribution in [0, 0.1) is 0 Å². The highest BCUT2D eigenvalue weighted by Gasteiger charge is 2.08. The van der Waals surface area contributed by atoms with Crippen LogP contribution in [0.5, 0.6) is 0 Å². The van der Waals surface area contributed by atoms with E-state index in [0.717, 1.165) is 0 Å². The zero-order chi connectivity index (χ0) is 5.98. The Bertz CT molecular complexity index is 123. The van der Waals surface area contributed by atoms with Gasteiger partial charge in [0.15, 0.2) is 0 Å². The Hall–Kier alpha value is -0.520. The minimum absolute atomic E-state index is 1.32. The monoisotopic (exact) mass is 108 g/mol. The first kappa shape index (κ1) is 5.61. The van der Waals surface area contributed by atoms with E-state index in [0.29, 0.717) is 0 Å². The first-order chi connectivity index (χ1) is 3.84. The largest absolute Gasteiger partial charge is 0.0988 e. The standard InChI is InChI=1S/C8H12/c1-3-7(2)8-5-4-6-8/h3H,1,4-6H2,2H3. The fourth-order valence-corrected chi connectivity index (χ4v) is 0.892. The third-order valence-electron chi connectivity index (χ3n) is 1.82. The summed E-state index contributed by atoms with van der Waals surface area (Å²) in [4.78, 5) is 0. The van der Waals surface area contributed by atoms with Gasteiger partial charge >= 0.3 is 0 Å². The van der Waals surface area contributed by atoms with E-state index in [2.05, 4.69) is 13.5 Å². The Morgan fingerprint density at radius 3 is 2.38 bits per heavy atom. The molecule has 0 atom stereocenters. The van der Waals surface area contributed by atoms with Gasteiger partial charge in [0.05, 0.1) is 0 Å². The molecule has 0 radical (unpaired) electrons. The van der Waals surface area contributed by atoms with Gasteiger partial charge in [0.25, 0.3) is 0 Å². The molecular formula is C8H12. The Morgan fingerprint density at radius 2 is 2.25 bits per heavy atom. The quantitative estimate of drug-likeness (QED) is 0.484. The van der Waals surface area contributed by atoms with Crippen LogP contribution < -0.4 is 0 Å². The average Bonchev–Trinajstić information content (AvgIpc) is 1.62. The summed E-state index contributed by atoms with van der Waals surface area (Å²) in [6.07, 6.45) is 5.98. The Morgan fingerprint density at radius 1 is 1.62 bits per heavy atom. The lowest BCUT2D eigenvalue weighted by Crippen LogP contribution is -1.98. The van der Waals surface area contributed by atoms with Crippen LogP contribution in [0.25, 0.3) is 0 Å². The number of hydrogen-bond acceptors (Lipinski definition) is 0. The van der Waals surface area contributed by atoms with Gasteiger partial charge in [-0.15, -0.1) is 0 Å². The zero-order valence-electron chi connectivity index (χ0n) is 5.41. The normalized spacial score (nSPS) is 17.4. The summed E-state index contributed by atoms with van der Waals surface area (Å²) in [5.74, 6) is 0. The molecule has 8 heavy (non-hydrogen) atoms. The molecule has 0 aromatic rings. The van der Waals surface area contributed by atoms with Gasteiger partial charge in [-0.05, 0) is 26.2 Å². The molecule has 0 saturated heterocycles. The lowest BCUT2D eigenvalue weighted by Gasteiger charge is -2.17. The minimum atomic E-state index is 1.32. The van der Waals surface area contributed by atoms with Crippen LogP contribution in [0.1, 0.15) is 26.2 Å². The molecule has 1 saturated carbocycles. The number of hydrogen-bond donors (Lipinski definition) is 0. The second-order valence-electron chi connectivity index (χ2n) is 2.34. The van der Waals surface area contributed by atoms with Gasteiger partial charge in [-0.2, -0.15) is 0 Å². The van der Waals surface area contributed by atoms with Gasteiger partial charge in [0.1, 0.15) is 0 Å². The second kappa shape index (κ2) is 2.17. The van der Waals surface area contributed by atoms with E-state index in [1.165, 1.54) is 24.8 Å². The summed E-state index contributed by atoms with van der Waals surface area (Å²) in [5.41, 5.74) is 3.01. The van der Waals surface area contributed by atoms with E-state index < -0.39 is 0 Å². The fraction of sp³-hybridized carbons (Fsp3) is 0.500. The van der Waals surface area contributed by atoms with E-state index >= 15 is 0 Å². The minimum Gasteiger partial charge on any atom is -0.0988 e. The number of allylic oxidation sites excluding steroid dienone is 3. The van der Waals surface area contributed by atoms with E-state index in [1.807, 2.05) is 6.08 Å². The van der Waals surface area contributed by atoms with E-state index in [4.69, 9.17) is 0 Å². The van der Waals surface area contributed by atoms with Gasteiger partial charge in [-0.3, -0.25) is 0 Å². The highest BCUT2D eigenvalue weighted by Crippen LogP contribution is 2.28. The molecule has 0 spiro atoms. The molecule has 0 bridgehead atoms. The summed E-state index contributed by atoms with van der Waals surface area (Å²) >= 11 is 0. The summed E-state index contributed by atoms with van der Waals surface area (Å²) < 4.78 is 0. The molecular weight excluding hydrogens is 96.1 g/mol. The molecule has 0 heterocycles. The summed E-state index contributed by atoms with van der Waals surface area (Å²) in [5, 5.41) is 0. The van der Waals surface area contributed by atoms with Crippen LogP contribution in [0.15, 0.2) is 23.8 Å². The first-order valence-electron chi connectivity index (χ1n) is 3.15. The zero-order valence-corrected chi connectivity index (χ0v) is 5.41. The van der Waals surface area contributed by atoms with Crippen LogP contribution >= 0.6 is 0 Å². The topological polar surface area (TPSA) is 0 Å². The van der Waals surface area contributed by atoms with Crippen molar-refractivity contribution < 1.29 is 0 Å². The molecule has 1 rings (SSSR count). The molecule has 0 aromatic heterocycles. The predicted octanol–water partition coefficient (Wildman–Crippen LogP) is 2.67. The molecule has 44 valence electrons. The van der Waals surface area contributed by atoms with Crippen molar-refractivity contribution >= 4 is 0 Å². The molecule has 0 heteroatoms. The van der Waals surface area contributed by atoms with Crippen LogP contribution in [-0.4, -0.2) is 0 Å². The van der Waals surface area contributed by atoms with Gasteiger partial charge in [-0.1, -0.05) is 23.8 Å². The molecule has 0 nitrogen and oxygen atoms in total. The lowest BCUT2D eigenvalue weighted by molar-refractivity contribution is 0.654. The van der Waals surface area contributed by atoms with Crippen molar-refractivity contribution in [3.8, 4) is 0 Å². The SMILES string of the molecule is C=CC(C)=C1CCC1. The maximum absolute atomic E-state index is 3.71. The highest BCUT2D eigenvalue weighted by atomic mass is 14.1. The summed E-state index contributed by atoms with van der Waals surface area (Å²) in [7, 11) is 0. The third kappa shape index (κ3) is 0.835. The molecule has 0 N–H and O–H groups in total. The summed E-state index contributed by atoms with van der Waals surface area (Å²) in [6, 6.07) is 0. The Kier molecular flexibility index (Phi) is 1.52. The van der Waals surface area contributed by atoms with E-state index in [1.54, 1.807) is 5.57 Å². The average molecular weight is 108 g/mol. The van der Waals surface area contributed by atoms with Crippen molar-refractivity contribution in [2.45, 2.75) is 26.2 Å². The van der Waals surface area contributed by atoms with Crippen molar-refractivity contribution in [3.05, 3.63) is 23.8 Å². The van der Waals surface area contributed by atoms with Crippen molar-refractivity contribution in [1.29, 1.82) is 0 Å². The summed E-state index contributed by atoms with van der Waals surface area (Å²) in [6.45, 7) is 5.85. The molecule has 1 fully saturated rings. The van der Waals surface area contributed by atoms with E-state index in [-0.39, 0.29) is 0 Å². The van der Waals surface area contributed by atoms with Crippen molar-refractivity contribution in [1.82, 2.24) is 0 Å². The molecule has 0 amide bonds. The highest BCUT2D eigenvalue weighted by molar-refractivity contribution is 5.25. The fourth-order valence-electron chi connectivity index (χ4n) is 0.892. The first-order valence-corrected chi connectivity index (χ1v) is 3.15. The van der Waals surface area contributed by atoms with Gasteiger partial charge < -0.3 is 0 Å². The lowest BCUT2D eigenvalue weighted by atomic mass is 9.88. The number of rotatable bonds is 1. The predicted molar refractivity (Wildman–Crippen MR) is 36.7 cm³/mol. The Labute approximate surface area is 50.9 Å². The van der Waals surface area contributed by atoms with Crippen LogP contribution in [-0.2, 0) is 0 Å². The van der Waals surface area contributed by atoms with Gasteiger partial charge in [-0.25, -0.2) is 0 Å². The van der Waals surface area contributed by atoms with Gasteiger partial charge in [0.2, 0.25) is 0 Å². The molecule has 0 unspecified atom stereocenters. The maximum Gasteiger partial charge on any atom is -0.0312 e. The smallest absolute Gasteiger partial charge is 0.0312 e. The van der Waals surface area contributed by atoms with Crippen molar-refractivity contribution in [3.63, 3.8) is 0 Å². The van der Waals surface area contributed by atoms with Gasteiger partial charge in [0, 0.05) is 0 Å². The molecule has 1 aliphatic carbocycles. The van der Waals surface area contributed by atoms with E-state index in [9.17, 15) is 0 Å². The maximum atomic E-state index is 3.71. The van der Waals surface area contributed by atoms with Crippen LogP contribution in [0.4, 0.5) is 0 Å². The van der Waals surface area contributed by atoms with Crippen LogP contribution in [0.2, 0.25) is 0 Å². The van der Waals surface area contributed by atoms with Crippen molar-refractivity contribution in [2.24, 2.45) is 0 Å². The molecule has 0 aliphatic heterocycles.